The minimum Gasteiger partial charge on any atom is -0.507 e. The van der Waals surface area contributed by atoms with E-state index in [-0.39, 0.29) is 35.7 Å². The minimum absolute atomic E-state index is 0.0231. The van der Waals surface area contributed by atoms with Gasteiger partial charge in [0.1, 0.15) is 24.1 Å². The average Bonchev–Trinajstić information content (AvgIpc) is 3.72. The van der Waals surface area contributed by atoms with Crippen LogP contribution in [0.1, 0.15) is 46.4 Å². The minimum atomic E-state index is -1.01. The summed E-state index contributed by atoms with van der Waals surface area (Å²) in [7, 11) is 0. The first-order valence-corrected chi connectivity index (χ1v) is 22.1. The molecule has 0 saturated carbocycles. The molecular weight excluding hydrogens is 819 g/mol. The molecule has 10 rings (SSSR count). The molecular formula is C46H51N11O7. The second kappa shape index (κ2) is 17.0. The maximum absolute atomic E-state index is 13.6. The number of nitrogens with two attached hydrogens (primary N) is 1. The lowest BCUT2D eigenvalue weighted by Crippen LogP contribution is -2.57. The number of hydrogen-bond acceptors (Lipinski definition) is 14. The Morgan fingerprint density at radius 1 is 0.734 bits per heavy atom. The largest absolute Gasteiger partial charge is 0.507 e. The average molecular weight is 870 g/mol. The van der Waals surface area contributed by atoms with E-state index in [9.17, 15) is 29.1 Å². The first-order valence-electron chi connectivity index (χ1n) is 22.1. The van der Waals surface area contributed by atoms with E-state index in [0.29, 0.717) is 75.0 Å². The third-order valence-electron chi connectivity index (χ3n) is 13.6. The molecule has 3 aromatic carbocycles. The first-order chi connectivity index (χ1) is 31.1. The van der Waals surface area contributed by atoms with Crippen LogP contribution in [-0.2, 0) is 9.59 Å². The van der Waals surface area contributed by atoms with E-state index in [1.807, 2.05) is 34.1 Å². The molecule has 3 atom stereocenters. The Balaban J connectivity index is 0.675. The second-order valence-corrected chi connectivity index (χ2v) is 17.3. The number of amides is 6. The van der Waals surface area contributed by atoms with Crippen molar-refractivity contribution < 1.29 is 33.8 Å². The second-order valence-electron chi connectivity index (χ2n) is 17.3. The molecule has 3 unspecified atom stereocenters. The number of rotatable bonds is 9. The van der Waals surface area contributed by atoms with E-state index in [1.165, 1.54) is 0 Å². The number of phenols is 1. The van der Waals surface area contributed by atoms with Crippen molar-refractivity contribution in [1.29, 1.82) is 0 Å². The predicted octanol–water partition coefficient (Wildman–Crippen LogP) is 2.63. The van der Waals surface area contributed by atoms with Crippen LogP contribution in [0.3, 0.4) is 0 Å². The molecule has 0 spiro atoms. The number of nitrogens with one attached hydrogen (secondary N) is 1. The maximum Gasteiger partial charge on any atom is 0.320 e. The zero-order valence-corrected chi connectivity index (χ0v) is 35.5. The number of imide groups is 2. The summed E-state index contributed by atoms with van der Waals surface area (Å²) in [5.41, 5.74) is 10.8. The number of anilines is 4. The zero-order valence-electron chi connectivity index (χ0n) is 35.5. The van der Waals surface area contributed by atoms with Gasteiger partial charge in [0.25, 0.3) is 11.8 Å². The Morgan fingerprint density at radius 3 is 2.19 bits per heavy atom. The van der Waals surface area contributed by atoms with Crippen LogP contribution < -0.4 is 30.5 Å². The number of carbonyl (C=O) groups excluding carboxylic acids is 5. The third-order valence-corrected chi connectivity index (χ3v) is 13.6. The number of benzene rings is 3. The number of fused-ring (bicyclic) bond motifs is 3. The van der Waals surface area contributed by atoms with E-state index in [1.54, 1.807) is 30.3 Å². The maximum atomic E-state index is 13.6. The van der Waals surface area contributed by atoms with Crippen molar-refractivity contribution in [2.45, 2.75) is 43.8 Å². The van der Waals surface area contributed by atoms with E-state index in [4.69, 9.17) is 10.5 Å². The molecule has 6 amide bonds. The smallest absolute Gasteiger partial charge is 0.320 e. The number of carbonyl (C=O) groups is 5. The van der Waals surface area contributed by atoms with Gasteiger partial charge in [-0.05, 0) is 67.8 Å². The van der Waals surface area contributed by atoms with Crippen LogP contribution >= 0.6 is 0 Å². The summed E-state index contributed by atoms with van der Waals surface area (Å²) in [6, 6.07) is 22.1. The van der Waals surface area contributed by atoms with Crippen LogP contribution in [0.4, 0.5) is 27.7 Å². The van der Waals surface area contributed by atoms with Gasteiger partial charge in [0, 0.05) is 114 Å². The van der Waals surface area contributed by atoms with Gasteiger partial charge in [0.05, 0.1) is 22.5 Å². The Labute approximate surface area is 370 Å². The molecule has 18 heteroatoms. The number of aromatic hydroxyl groups is 1. The van der Waals surface area contributed by atoms with Crippen molar-refractivity contribution in [2.75, 3.05) is 99.0 Å². The van der Waals surface area contributed by atoms with Crippen molar-refractivity contribution in [3.05, 3.63) is 83.9 Å². The van der Waals surface area contributed by atoms with Gasteiger partial charge in [0.2, 0.25) is 11.8 Å². The molecule has 7 heterocycles. The SMILES string of the molecule is Nc1nnc(-c2ccccc2O)cc1N1CC2CCC(C1)N2c1cccc(OCCN2CCN(C(=O)N3CCN(c4ccc5c(c4)C(=O)N(C4CCC(=O)NC4=O)C5=O)CC3)CC2)c1. The van der Waals surface area contributed by atoms with E-state index >= 15 is 0 Å². The number of piperazine rings is 3. The summed E-state index contributed by atoms with van der Waals surface area (Å²) in [5.74, 6) is -0.749. The monoisotopic (exact) mass is 869 g/mol. The van der Waals surface area contributed by atoms with E-state index in [0.717, 1.165) is 73.3 Å². The molecule has 2 bridgehead atoms. The van der Waals surface area contributed by atoms with Crippen LogP contribution in [0, 0.1) is 0 Å². The van der Waals surface area contributed by atoms with E-state index in [2.05, 4.69) is 53.3 Å². The molecule has 332 valence electrons. The predicted molar refractivity (Wildman–Crippen MR) is 237 cm³/mol. The summed E-state index contributed by atoms with van der Waals surface area (Å²) in [4.78, 5) is 78.2. The molecule has 4 aromatic rings. The van der Waals surface area contributed by atoms with Crippen molar-refractivity contribution in [3.63, 3.8) is 0 Å². The quantitative estimate of drug-likeness (QED) is 0.207. The Morgan fingerprint density at radius 2 is 1.45 bits per heavy atom. The molecule has 0 radical (unpaired) electrons. The highest BCUT2D eigenvalue weighted by Gasteiger charge is 2.45. The van der Waals surface area contributed by atoms with Crippen LogP contribution in [-0.4, -0.2) is 161 Å². The fourth-order valence-corrected chi connectivity index (χ4v) is 10.2. The van der Waals surface area contributed by atoms with Crippen molar-refractivity contribution in [2.24, 2.45) is 0 Å². The number of ether oxygens (including phenoxy) is 1. The highest BCUT2D eigenvalue weighted by molar-refractivity contribution is 6.23. The van der Waals surface area contributed by atoms with Gasteiger partial charge in [-0.2, -0.15) is 0 Å². The Bertz CT molecular complexity index is 2490. The van der Waals surface area contributed by atoms with Crippen molar-refractivity contribution >= 4 is 52.5 Å². The van der Waals surface area contributed by atoms with Gasteiger partial charge in [-0.25, -0.2) is 4.79 Å². The summed E-state index contributed by atoms with van der Waals surface area (Å²) in [5, 5.41) is 21.2. The zero-order chi connectivity index (χ0) is 44.1. The Hall–Kier alpha value is -6.95. The van der Waals surface area contributed by atoms with Crippen LogP contribution in [0.5, 0.6) is 11.5 Å². The highest BCUT2D eigenvalue weighted by atomic mass is 16.5. The topological polar surface area (TPSA) is 201 Å². The molecule has 6 aliphatic heterocycles. The Kier molecular flexibility index (Phi) is 10.9. The summed E-state index contributed by atoms with van der Waals surface area (Å²) in [6.45, 7) is 7.82. The molecule has 6 aliphatic rings. The summed E-state index contributed by atoms with van der Waals surface area (Å²) >= 11 is 0. The molecule has 64 heavy (non-hydrogen) atoms. The van der Waals surface area contributed by atoms with Gasteiger partial charge in [-0.15, -0.1) is 10.2 Å². The number of hydrogen-bond donors (Lipinski definition) is 3. The molecule has 5 fully saturated rings. The lowest BCUT2D eigenvalue weighted by molar-refractivity contribution is -0.136. The fourth-order valence-electron chi connectivity index (χ4n) is 10.2. The van der Waals surface area contributed by atoms with Crippen LogP contribution in [0.15, 0.2) is 72.8 Å². The number of nitrogen functional groups attached to an aromatic ring is 1. The van der Waals surface area contributed by atoms with Crippen LogP contribution in [0.2, 0.25) is 0 Å². The fraction of sp³-hybridized carbons (Fsp3) is 0.413. The number of phenolic OH excluding ortho intramolecular Hbond substituents is 1. The molecule has 0 aliphatic carbocycles. The van der Waals surface area contributed by atoms with Gasteiger partial charge in [-0.1, -0.05) is 18.2 Å². The summed E-state index contributed by atoms with van der Waals surface area (Å²) < 4.78 is 6.31. The number of nitrogens with zero attached hydrogens (tertiary/aromatic N) is 9. The lowest BCUT2D eigenvalue weighted by atomic mass is 10.0. The standard InChI is InChI=1S/C46H51N11O7/c47-42-39(26-37(49-50-42)35-6-1-2-7-40(35)58)55-27-31-8-9-32(28-55)56(31)30-4-3-5-33(24-30)64-23-22-51-14-16-53(17-15-51)46(63)54-20-18-52(19-21-54)29-10-11-34-36(25-29)45(62)57(44(34)61)38-12-13-41(59)48-43(38)60/h1-7,10-11,24-26,31-32,38,58H,8-9,12-23,27-28H2,(H2,47,50)(H,48,59,60). The number of para-hydroxylation sites is 1. The molecule has 1 aromatic heterocycles. The molecule has 5 saturated heterocycles. The first kappa shape index (κ1) is 41.1. The van der Waals surface area contributed by atoms with Crippen LogP contribution in [0.25, 0.3) is 11.3 Å². The molecule has 18 nitrogen and oxygen atoms in total. The molecule has 4 N–H and O–H groups in total. The van der Waals surface area contributed by atoms with Gasteiger partial charge < -0.3 is 40.1 Å². The summed E-state index contributed by atoms with van der Waals surface area (Å²) in [6.07, 6.45) is 2.31. The number of aromatic nitrogens is 2. The lowest BCUT2D eigenvalue weighted by Gasteiger charge is -2.43. The normalized spacial score (nSPS) is 22.6. The van der Waals surface area contributed by atoms with Crippen molar-refractivity contribution in [1.82, 2.24) is 35.1 Å². The van der Waals surface area contributed by atoms with Gasteiger partial charge >= 0.3 is 6.03 Å². The third kappa shape index (κ3) is 7.75. The van der Waals surface area contributed by atoms with E-state index < -0.39 is 29.7 Å². The number of piperidine rings is 1. The van der Waals surface area contributed by atoms with Gasteiger partial charge in [0.15, 0.2) is 5.82 Å². The van der Waals surface area contributed by atoms with Crippen molar-refractivity contribution in [3.8, 4) is 22.8 Å². The van der Waals surface area contributed by atoms with Gasteiger partial charge in [-0.3, -0.25) is 34.3 Å². The highest BCUT2D eigenvalue weighted by Crippen LogP contribution is 2.40. The number of urea groups is 1.